The van der Waals surface area contributed by atoms with Crippen LogP contribution in [0.4, 0.5) is 5.69 Å². The molecule has 0 bridgehead atoms. The molecule has 0 amide bonds. The Kier molecular flexibility index (Phi) is 4.13. The molecule has 1 N–H and O–H groups in total. The van der Waals surface area contributed by atoms with Gasteiger partial charge in [-0.25, -0.2) is 8.42 Å². The summed E-state index contributed by atoms with van der Waals surface area (Å²) in [6.45, 7) is 4.95. The van der Waals surface area contributed by atoms with Crippen molar-refractivity contribution in [1.29, 1.82) is 0 Å². The van der Waals surface area contributed by atoms with Crippen molar-refractivity contribution in [1.82, 2.24) is 0 Å². The molecule has 0 aliphatic heterocycles. The molecule has 0 radical (unpaired) electrons. The highest BCUT2D eigenvalue weighted by Gasteiger charge is 2.29. The van der Waals surface area contributed by atoms with E-state index in [1.807, 2.05) is 22.6 Å². The van der Waals surface area contributed by atoms with E-state index in [4.69, 9.17) is 11.6 Å². The number of rotatable bonds is 2. The highest BCUT2D eigenvalue weighted by molar-refractivity contribution is 14.1. The monoisotopic (exact) mass is 373 g/mol. The van der Waals surface area contributed by atoms with E-state index in [-0.39, 0.29) is 0 Å². The molecular weight excluding hydrogens is 361 g/mol. The molecule has 90 valence electrons. The van der Waals surface area contributed by atoms with Crippen LogP contribution in [0.2, 0.25) is 5.02 Å². The summed E-state index contributed by atoms with van der Waals surface area (Å²) in [5, 5.41) is 0.586. The summed E-state index contributed by atoms with van der Waals surface area (Å²) in [6, 6.07) is 5.03. The lowest BCUT2D eigenvalue weighted by Gasteiger charge is -2.21. The first-order valence-corrected chi connectivity index (χ1v) is 7.55. The van der Waals surface area contributed by atoms with Crippen molar-refractivity contribution < 1.29 is 8.42 Å². The van der Waals surface area contributed by atoms with Crippen LogP contribution in [0.3, 0.4) is 0 Å². The molecule has 0 aliphatic carbocycles. The van der Waals surface area contributed by atoms with Crippen LogP contribution < -0.4 is 4.72 Å². The van der Waals surface area contributed by atoms with E-state index in [9.17, 15) is 8.42 Å². The van der Waals surface area contributed by atoms with Gasteiger partial charge in [0.15, 0.2) is 0 Å². The fourth-order valence-corrected chi connectivity index (χ4v) is 2.83. The van der Waals surface area contributed by atoms with Gasteiger partial charge in [0.2, 0.25) is 10.0 Å². The summed E-state index contributed by atoms with van der Waals surface area (Å²) in [7, 11) is -3.38. The van der Waals surface area contributed by atoms with Gasteiger partial charge >= 0.3 is 0 Å². The van der Waals surface area contributed by atoms with E-state index in [0.717, 1.165) is 3.57 Å². The van der Waals surface area contributed by atoms with Crippen LogP contribution in [0.25, 0.3) is 0 Å². The van der Waals surface area contributed by atoms with Crippen molar-refractivity contribution in [2.45, 2.75) is 25.5 Å². The van der Waals surface area contributed by atoms with Gasteiger partial charge in [-0.15, -0.1) is 0 Å². The van der Waals surface area contributed by atoms with E-state index in [2.05, 4.69) is 4.72 Å². The van der Waals surface area contributed by atoms with E-state index < -0.39 is 14.8 Å². The second kappa shape index (κ2) is 4.70. The third-order valence-corrected chi connectivity index (χ3v) is 5.21. The zero-order valence-electron chi connectivity index (χ0n) is 9.21. The van der Waals surface area contributed by atoms with Crippen molar-refractivity contribution in [3.63, 3.8) is 0 Å². The number of hydrogen-bond donors (Lipinski definition) is 1. The van der Waals surface area contributed by atoms with Gasteiger partial charge in [0, 0.05) is 8.59 Å². The van der Waals surface area contributed by atoms with E-state index in [1.165, 1.54) is 0 Å². The van der Waals surface area contributed by atoms with Gasteiger partial charge in [-0.2, -0.15) is 0 Å². The molecule has 0 saturated heterocycles. The van der Waals surface area contributed by atoms with Crippen molar-refractivity contribution in [3.8, 4) is 0 Å². The van der Waals surface area contributed by atoms with Crippen LogP contribution in [0.1, 0.15) is 20.8 Å². The standard InChI is InChI=1S/C10H13ClINO2S/c1-10(2,3)16(14,15)13-9-5-4-7(11)6-8(9)12/h4-6,13H,1-3H3. The van der Waals surface area contributed by atoms with Gasteiger partial charge in [0.05, 0.1) is 10.4 Å². The van der Waals surface area contributed by atoms with Crippen LogP contribution in [0.5, 0.6) is 0 Å². The van der Waals surface area contributed by atoms with Gasteiger partial charge in [-0.1, -0.05) is 11.6 Å². The normalized spacial score (nSPS) is 12.6. The summed E-state index contributed by atoms with van der Waals surface area (Å²) in [5.74, 6) is 0. The molecule has 0 spiro atoms. The zero-order valence-corrected chi connectivity index (χ0v) is 12.9. The lowest BCUT2D eigenvalue weighted by molar-refractivity contribution is 0.566. The lowest BCUT2D eigenvalue weighted by atomic mass is 10.3. The number of halogens is 2. The van der Waals surface area contributed by atoms with Crippen LogP contribution in [0.15, 0.2) is 18.2 Å². The van der Waals surface area contributed by atoms with Gasteiger partial charge in [-0.3, -0.25) is 4.72 Å². The third kappa shape index (κ3) is 3.24. The first-order valence-electron chi connectivity index (χ1n) is 4.61. The van der Waals surface area contributed by atoms with Crippen molar-refractivity contribution >= 4 is 49.9 Å². The highest BCUT2D eigenvalue weighted by Crippen LogP contribution is 2.26. The van der Waals surface area contributed by atoms with E-state index >= 15 is 0 Å². The number of hydrogen-bond acceptors (Lipinski definition) is 2. The topological polar surface area (TPSA) is 46.2 Å². The predicted molar refractivity (Wildman–Crippen MR) is 76.5 cm³/mol. The molecule has 0 atom stereocenters. The number of sulfonamides is 1. The molecule has 0 fully saturated rings. The summed E-state index contributed by atoms with van der Waals surface area (Å²) in [4.78, 5) is 0. The molecule has 0 aromatic heterocycles. The van der Waals surface area contributed by atoms with Crippen LogP contribution in [-0.4, -0.2) is 13.2 Å². The minimum absolute atomic E-state index is 0.555. The Hall–Kier alpha value is -0.0100. The molecule has 0 heterocycles. The maximum atomic E-state index is 11.9. The summed E-state index contributed by atoms with van der Waals surface area (Å²) in [5.41, 5.74) is 0.555. The predicted octanol–water partition coefficient (Wildman–Crippen LogP) is 3.48. The molecule has 0 saturated carbocycles. The fraction of sp³-hybridized carbons (Fsp3) is 0.400. The Balaban J connectivity index is 3.07. The Labute approximate surface area is 115 Å². The second-order valence-electron chi connectivity index (χ2n) is 4.34. The van der Waals surface area contributed by atoms with Crippen molar-refractivity contribution in [2.75, 3.05) is 4.72 Å². The Bertz CT molecular complexity index is 494. The average molecular weight is 374 g/mol. The largest absolute Gasteiger partial charge is 0.282 e. The van der Waals surface area contributed by atoms with Gasteiger partial charge in [0.1, 0.15) is 0 Å². The molecule has 0 aliphatic rings. The second-order valence-corrected chi connectivity index (χ2v) is 8.38. The molecule has 16 heavy (non-hydrogen) atoms. The fourth-order valence-electron chi connectivity index (χ4n) is 0.870. The summed E-state index contributed by atoms with van der Waals surface area (Å²) in [6.07, 6.45) is 0. The molecule has 1 rings (SSSR count). The minimum Gasteiger partial charge on any atom is -0.282 e. The van der Waals surface area contributed by atoms with Gasteiger partial charge in [0.25, 0.3) is 0 Å². The van der Waals surface area contributed by atoms with Crippen LogP contribution in [0, 0.1) is 3.57 Å². The zero-order chi connectivity index (χ0) is 12.6. The first-order chi connectivity index (χ1) is 7.13. The van der Waals surface area contributed by atoms with Crippen LogP contribution in [-0.2, 0) is 10.0 Å². The average Bonchev–Trinajstić information content (AvgIpc) is 2.08. The molecule has 6 heteroatoms. The maximum Gasteiger partial charge on any atom is 0.237 e. The van der Waals surface area contributed by atoms with Crippen molar-refractivity contribution in [3.05, 3.63) is 26.8 Å². The molecule has 0 unspecified atom stereocenters. The van der Waals surface area contributed by atoms with Crippen LogP contribution >= 0.6 is 34.2 Å². The van der Waals surface area contributed by atoms with Gasteiger partial charge < -0.3 is 0 Å². The SMILES string of the molecule is CC(C)(C)S(=O)(=O)Nc1ccc(Cl)cc1I. The number of benzene rings is 1. The Morgan fingerprint density at radius 1 is 1.31 bits per heavy atom. The number of anilines is 1. The third-order valence-electron chi connectivity index (χ3n) is 1.98. The summed E-state index contributed by atoms with van der Waals surface area (Å²) < 4.78 is 26.3. The molecule has 1 aromatic rings. The Morgan fingerprint density at radius 3 is 2.31 bits per heavy atom. The Morgan fingerprint density at radius 2 is 1.88 bits per heavy atom. The van der Waals surface area contributed by atoms with Gasteiger partial charge in [-0.05, 0) is 61.6 Å². The van der Waals surface area contributed by atoms with E-state index in [0.29, 0.717) is 10.7 Å². The lowest BCUT2D eigenvalue weighted by Crippen LogP contribution is -2.33. The quantitative estimate of drug-likeness (QED) is 0.807. The maximum absolute atomic E-state index is 11.9. The first kappa shape index (κ1) is 14.1. The molecular formula is C10H13ClINO2S. The molecule has 1 aromatic carbocycles. The highest BCUT2D eigenvalue weighted by atomic mass is 127. The molecule has 3 nitrogen and oxygen atoms in total. The number of nitrogens with one attached hydrogen (secondary N) is 1. The van der Waals surface area contributed by atoms with Crippen molar-refractivity contribution in [2.24, 2.45) is 0 Å². The van der Waals surface area contributed by atoms with E-state index in [1.54, 1.807) is 39.0 Å². The smallest absolute Gasteiger partial charge is 0.237 e. The summed E-state index contributed by atoms with van der Waals surface area (Å²) >= 11 is 7.84. The minimum atomic E-state index is -3.38.